The molecule has 1 aliphatic carbocycles. The number of nitrogens with zero attached hydrogens (tertiary/aromatic N) is 1. The number of rotatable bonds is 12. The van der Waals surface area contributed by atoms with Crippen molar-refractivity contribution in [2.45, 2.75) is 37.5 Å². The number of carbonyl (C=O) groups excluding carboxylic acids is 2. The van der Waals surface area contributed by atoms with Gasteiger partial charge in [-0.1, -0.05) is 103 Å². The minimum Gasteiger partial charge on any atom is -0.497 e. The molecule has 0 amide bonds. The molecule has 338 valence electrons. The molecule has 0 radical (unpaired) electrons. The lowest BCUT2D eigenvalue weighted by Gasteiger charge is -2.52. The normalized spacial score (nSPS) is 21.3. The molecule has 12 heteroatoms. The number of hydrogen-bond acceptors (Lipinski definition) is 10. The number of hydrogen-bond donors (Lipinski definition) is 1. The minimum absolute atomic E-state index is 0.0170. The minimum atomic E-state index is -0.670. The molecule has 0 spiro atoms. The summed E-state index contributed by atoms with van der Waals surface area (Å²) in [6.07, 6.45) is 3.15. The molecule has 65 heavy (non-hydrogen) atoms. The third-order valence-corrected chi connectivity index (χ3v) is 15.2. The largest absolute Gasteiger partial charge is 0.497 e. The van der Waals surface area contributed by atoms with Crippen LogP contribution in [0.5, 0.6) is 23.0 Å². The second-order valence-corrected chi connectivity index (χ2v) is 18.5. The summed E-state index contributed by atoms with van der Waals surface area (Å²) in [6.45, 7) is 1.68. The van der Waals surface area contributed by atoms with E-state index < -0.39 is 32.0 Å². The molecular weight excluding hydrogens is 840 g/mol. The van der Waals surface area contributed by atoms with Crippen molar-refractivity contribution < 1.29 is 42.7 Å². The lowest BCUT2D eigenvalue weighted by Crippen LogP contribution is -2.58. The van der Waals surface area contributed by atoms with Gasteiger partial charge in [0, 0.05) is 42.9 Å². The van der Waals surface area contributed by atoms with Crippen molar-refractivity contribution in [3.63, 3.8) is 0 Å². The van der Waals surface area contributed by atoms with E-state index in [9.17, 15) is 9.59 Å². The third-order valence-electron chi connectivity index (χ3n) is 13.0. The van der Waals surface area contributed by atoms with Gasteiger partial charge >= 0.3 is 11.9 Å². The first-order valence-electron chi connectivity index (χ1n) is 22.0. The summed E-state index contributed by atoms with van der Waals surface area (Å²) in [5.41, 5.74) is 5.07. The number of aromatic nitrogens is 1. The van der Waals surface area contributed by atoms with E-state index >= 15 is 0 Å². The van der Waals surface area contributed by atoms with Crippen molar-refractivity contribution in [3.8, 4) is 23.0 Å². The standard InChI is InChI=1S/C33H40N2O9.C20H17P/c1-38-19-7-8-20-21-9-10-35-16-18-13-27(44-32(36)17-11-25(39-2)30(41-4)26(12-17)40-3)31(42-5)28(33(37)43-6)22(18)15-24(35)29(21)34-23(20)14-19;1-4-10-18(11-5-1)16-17-21(19-12-6-2-7-13-19)20-14-8-3-9-15-20/h7-8,11-12,14,18,22,24,27-28,31,34H,9-10,13,15-16H2,1-6H3;1-17H/b;17-16+/t18-,22+,24-,27-,28+,31+;/m1./s1. The van der Waals surface area contributed by atoms with E-state index in [1.54, 1.807) is 26.4 Å². The van der Waals surface area contributed by atoms with E-state index in [-0.39, 0.29) is 29.4 Å². The van der Waals surface area contributed by atoms with Gasteiger partial charge in [-0.2, -0.15) is 0 Å². The van der Waals surface area contributed by atoms with Crippen molar-refractivity contribution >= 4 is 47.4 Å². The molecular formula is C53H57N2O9P. The lowest BCUT2D eigenvalue weighted by molar-refractivity contribution is -0.176. The van der Waals surface area contributed by atoms with Gasteiger partial charge in [-0.25, -0.2) is 4.79 Å². The van der Waals surface area contributed by atoms with E-state index in [0.717, 1.165) is 37.2 Å². The number of ether oxygens (including phenoxy) is 7. The van der Waals surface area contributed by atoms with Gasteiger partial charge in [-0.3, -0.25) is 9.69 Å². The first kappa shape index (κ1) is 45.4. The first-order valence-corrected chi connectivity index (χ1v) is 23.4. The summed E-state index contributed by atoms with van der Waals surface area (Å²) in [5.74, 6) is 2.78. The molecule has 6 atom stereocenters. The van der Waals surface area contributed by atoms with Gasteiger partial charge in [0.2, 0.25) is 5.75 Å². The van der Waals surface area contributed by atoms with Crippen molar-refractivity contribution in [1.29, 1.82) is 0 Å². The molecule has 1 saturated heterocycles. The number of H-pyrrole nitrogens is 1. The second kappa shape index (κ2) is 20.8. The SMILES string of the molecule is C(=C\P(c1ccccc1)c1ccccc1)/c1ccccc1.COC(=O)[C@H]1[C@H]2C[C@@H]3c4[nH]c5cc(OC)ccc5c4CCN3C[C@H]2C[C@@H](OC(=O)c2cc(OC)c(OC)c(OC)c2)[C@@H]1OC. The van der Waals surface area contributed by atoms with Crippen LogP contribution in [0.15, 0.2) is 127 Å². The summed E-state index contributed by atoms with van der Waals surface area (Å²) in [6, 6.07) is 41.3. The molecule has 3 aliphatic rings. The van der Waals surface area contributed by atoms with Crippen molar-refractivity contribution in [1.82, 2.24) is 9.88 Å². The van der Waals surface area contributed by atoms with Crippen LogP contribution in [0.3, 0.4) is 0 Å². The summed E-state index contributed by atoms with van der Waals surface area (Å²) >= 11 is 0. The Bertz CT molecular complexity index is 2520. The van der Waals surface area contributed by atoms with Gasteiger partial charge in [0.25, 0.3) is 0 Å². The third kappa shape index (κ3) is 9.64. The number of aromatic amines is 1. The van der Waals surface area contributed by atoms with Crippen LogP contribution >= 0.6 is 7.92 Å². The fourth-order valence-corrected chi connectivity index (χ4v) is 11.9. The van der Waals surface area contributed by atoms with Crippen molar-refractivity contribution in [2.75, 3.05) is 55.7 Å². The molecule has 2 aliphatic heterocycles. The fourth-order valence-electron chi connectivity index (χ4n) is 9.99. The zero-order valence-corrected chi connectivity index (χ0v) is 38.7. The van der Waals surface area contributed by atoms with E-state index in [1.165, 1.54) is 61.3 Å². The van der Waals surface area contributed by atoms with Gasteiger partial charge < -0.3 is 38.1 Å². The molecule has 1 aromatic heterocycles. The Balaban J connectivity index is 0.000000228. The van der Waals surface area contributed by atoms with Crippen LogP contribution in [0.25, 0.3) is 17.0 Å². The highest BCUT2D eigenvalue weighted by molar-refractivity contribution is 7.75. The topological polar surface area (TPSA) is 118 Å². The van der Waals surface area contributed by atoms with Gasteiger partial charge in [-0.15, -0.1) is 0 Å². The number of methoxy groups -OCH3 is 6. The van der Waals surface area contributed by atoms with Crippen molar-refractivity contribution in [2.24, 2.45) is 17.8 Å². The average Bonchev–Trinajstić information content (AvgIpc) is 3.74. The van der Waals surface area contributed by atoms with Gasteiger partial charge in [-0.05, 0) is 85.0 Å². The summed E-state index contributed by atoms with van der Waals surface area (Å²) in [4.78, 5) is 33.1. The molecule has 6 aromatic rings. The number of benzene rings is 5. The van der Waals surface area contributed by atoms with Gasteiger partial charge in [0.1, 0.15) is 18.0 Å². The van der Waals surface area contributed by atoms with Crippen LogP contribution in [-0.2, 0) is 25.4 Å². The zero-order chi connectivity index (χ0) is 45.5. The van der Waals surface area contributed by atoms with E-state index in [2.05, 4.69) is 119 Å². The Morgan fingerprint density at radius 2 is 1.38 bits per heavy atom. The lowest BCUT2D eigenvalue weighted by atomic mass is 9.63. The molecule has 11 nitrogen and oxygen atoms in total. The van der Waals surface area contributed by atoms with E-state index in [0.29, 0.717) is 23.7 Å². The Morgan fingerprint density at radius 3 is 1.97 bits per heavy atom. The number of nitrogens with one attached hydrogen (secondary N) is 1. The Morgan fingerprint density at radius 1 is 0.738 bits per heavy atom. The monoisotopic (exact) mass is 896 g/mol. The van der Waals surface area contributed by atoms with E-state index in [4.69, 9.17) is 33.2 Å². The molecule has 1 saturated carbocycles. The van der Waals surface area contributed by atoms with Gasteiger partial charge in [0.15, 0.2) is 11.5 Å². The number of fused-ring (bicyclic) bond motifs is 6. The molecule has 0 bridgehead atoms. The Labute approximate surface area is 382 Å². The second-order valence-electron chi connectivity index (χ2n) is 16.5. The fraction of sp³-hybridized carbons (Fsp3) is 0.321. The Hall–Kier alpha value is -6.13. The highest BCUT2D eigenvalue weighted by Gasteiger charge is 2.54. The van der Waals surface area contributed by atoms with Crippen LogP contribution in [0.2, 0.25) is 0 Å². The van der Waals surface area contributed by atoms with E-state index in [1.807, 2.05) is 12.1 Å². The van der Waals surface area contributed by atoms with Crippen LogP contribution < -0.4 is 29.6 Å². The summed E-state index contributed by atoms with van der Waals surface area (Å²) in [5, 5.41) is 3.97. The predicted octanol–water partition coefficient (Wildman–Crippen LogP) is 8.96. The smallest absolute Gasteiger partial charge is 0.338 e. The average molecular weight is 897 g/mol. The summed E-state index contributed by atoms with van der Waals surface area (Å²) < 4.78 is 39.1. The zero-order valence-electron chi connectivity index (χ0n) is 37.8. The predicted molar refractivity (Wildman–Crippen MR) is 255 cm³/mol. The molecule has 1 N–H and O–H groups in total. The quantitative estimate of drug-likeness (QED) is 0.0943. The maximum atomic E-state index is 13.5. The molecule has 0 unspecified atom stereocenters. The maximum absolute atomic E-state index is 13.5. The van der Waals surface area contributed by atoms with Gasteiger partial charge in [0.05, 0.1) is 53.1 Å². The van der Waals surface area contributed by atoms with Crippen molar-refractivity contribution in [3.05, 3.63) is 150 Å². The number of carbonyl (C=O) groups is 2. The summed E-state index contributed by atoms with van der Waals surface area (Å²) in [7, 11) is 8.65. The van der Waals surface area contributed by atoms with Crippen LogP contribution in [-0.4, -0.2) is 89.8 Å². The Kier molecular flexibility index (Phi) is 14.5. The number of esters is 2. The first-order chi connectivity index (χ1) is 31.8. The molecule has 9 rings (SSSR count). The molecule has 2 fully saturated rings. The number of piperidine rings is 1. The molecule has 5 aromatic carbocycles. The highest BCUT2D eigenvalue weighted by Crippen LogP contribution is 2.51. The highest BCUT2D eigenvalue weighted by atomic mass is 31.1. The molecule has 3 heterocycles. The van der Waals surface area contributed by atoms with Crippen LogP contribution in [0.4, 0.5) is 0 Å². The van der Waals surface area contributed by atoms with Crippen LogP contribution in [0, 0.1) is 17.8 Å². The van der Waals surface area contributed by atoms with Crippen LogP contribution in [0.1, 0.15) is 46.1 Å². The maximum Gasteiger partial charge on any atom is 0.338 e.